The van der Waals surface area contributed by atoms with Crippen molar-refractivity contribution in [3.05, 3.63) is 65.7 Å². The zero-order valence-electron chi connectivity index (χ0n) is 10.5. The number of rotatable bonds is 6. The van der Waals surface area contributed by atoms with Crippen LogP contribution in [0, 0.1) is 0 Å². The number of carbonyl (C=O) groups is 1. The summed E-state index contributed by atoms with van der Waals surface area (Å²) in [7, 11) is 0. The molecule has 0 amide bonds. The van der Waals surface area contributed by atoms with Gasteiger partial charge in [0.2, 0.25) is 0 Å². The third kappa shape index (κ3) is 3.93. The molecule has 0 aliphatic rings. The molecule has 0 heterocycles. The fourth-order valence-corrected chi connectivity index (χ4v) is 2.31. The van der Waals surface area contributed by atoms with Crippen LogP contribution in [0.1, 0.15) is 17.0 Å². The van der Waals surface area contributed by atoms with E-state index in [1.165, 1.54) is 0 Å². The molecule has 2 aromatic rings. The summed E-state index contributed by atoms with van der Waals surface area (Å²) in [6.45, 7) is 0.532. The van der Waals surface area contributed by atoms with Crippen molar-refractivity contribution in [1.29, 1.82) is 0 Å². The molecule has 2 aromatic carbocycles. The second kappa shape index (κ2) is 7.10. The van der Waals surface area contributed by atoms with Crippen molar-refractivity contribution in [3.63, 3.8) is 0 Å². The Bertz CT molecular complexity index is 525. The second-order valence-electron chi connectivity index (χ2n) is 4.24. The molecule has 1 atom stereocenters. The summed E-state index contributed by atoms with van der Waals surface area (Å²) >= 11 is 3.34. The van der Waals surface area contributed by atoms with E-state index in [2.05, 4.69) is 15.9 Å². The fourth-order valence-electron chi connectivity index (χ4n) is 1.78. The van der Waals surface area contributed by atoms with Gasteiger partial charge in [-0.1, -0.05) is 58.4 Å². The van der Waals surface area contributed by atoms with Crippen LogP contribution in [0.3, 0.4) is 0 Å². The highest BCUT2D eigenvalue weighted by atomic mass is 79.9. The topological polar surface area (TPSA) is 26.3 Å². The lowest BCUT2D eigenvalue weighted by Gasteiger charge is -2.10. The number of benzene rings is 2. The standard InChI is InChI=1S/C16H15BrO2/c17-10-15(11-18)14-7-4-8-16(9-14)19-12-13-5-2-1-3-6-13/h1-9,11,15H,10,12H2. The molecular formula is C16H15BrO2. The van der Waals surface area contributed by atoms with E-state index in [1.54, 1.807) is 0 Å². The SMILES string of the molecule is O=CC(CBr)c1cccc(OCc2ccccc2)c1. The highest BCUT2D eigenvalue weighted by molar-refractivity contribution is 9.09. The van der Waals surface area contributed by atoms with E-state index >= 15 is 0 Å². The quantitative estimate of drug-likeness (QED) is 0.595. The van der Waals surface area contributed by atoms with Gasteiger partial charge in [0.05, 0.1) is 0 Å². The van der Waals surface area contributed by atoms with Crippen LogP contribution in [0.2, 0.25) is 0 Å². The Labute approximate surface area is 121 Å². The van der Waals surface area contributed by atoms with Crippen molar-refractivity contribution < 1.29 is 9.53 Å². The van der Waals surface area contributed by atoms with Crippen molar-refractivity contribution >= 4 is 22.2 Å². The summed E-state index contributed by atoms with van der Waals surface area (Å²) in [5.41, 5.74) is 2.10. The molecule has 0 aromatic heterocycles. The van der Waals surface area contributed by atoms with Crippen LogP contribution in [0.25, 0.3) is 0 Å². The second-order valence-corrected chi connectivity index (χ2v) is 4.89. The first-order chi connectivity index (χ1) is 9.33. The minimum Gasteiger partial charge on any atom is -0.489 e. The third-order valence-electron chi connectivity index (χ3n) is 2.87. The number of ether oxygens (including phenoxy) is 1. The molecule has 19 heavy (non-hydrogen) atoms. The number of alkyl halides is 1. The molecule has 0 bridgehead atoms. The van der Waals surface area contributed by atoms with Gasteiger partial charge in [-0.2, -0.15) is 0 Å². The van der Waals surface area contributed by atoms with E-state index in [0.717, 1.165) is 23.2 Å². The summed E-state index contributed by atoms with van der Waals surface area (Å²) in [5, 5.41) is 0.624. The van der Waals surface area contributed by atoms with Gasteiger partial charge in [0.25, 0.3) is 0 Å². The molecule has 3 heteroatoms. The van der Waals surface area contributed by atoms with Gasteiger partial charge in [-0.05, 0) is 23.3 Å². The lowest BCUT2D eigenvalue weighted by atomic mass is 10.0. The van der Waals surface area contributed by atoms with Crippen molar-refractivity contribution in [3.8, 4) is 5.75 Å². The molecule has 0 aliphatic carbocycles. The summed E-state index contributed by atoms with van der Waals surface area (Å²) in [6, 6.07) is 17.7. The Morgan fingerprint density at radius 2 is 1.89 bits per heavy atom. The zero-order chi connectivity index (χ0) is 13.5. The predicted octanol–water partition coefficient (Wildman–Crippen LogP) is 3.94. The van der Waals surface area contributed by atoms with Crippen LogP contribution in [0.5, 0.6) is 5.75 Å². The number of hydrogen-bond donors (Lipinski definition) is 0. The first-order valence-corrected chi connectivity index (χ1v) is 7.23. The minimum absolute atomic E-state index is 0.125. The molecule has 0 N–H and O–H groups in total. The summed E-state index contributed by atoms with van der Waals surface area (Å²) < 4.78 is 5.74. The predicted molar refractivity (Wildman–Crippen MR) is 79.8 cm³/mol. The van der Waals surface area contributed by atoms with Gasteiger partial charge in [-0.25, -0.2) is 0 Å². The zero-order valence-corrected chi connectivity index (χ0v) is 12.0. The molecule has 98 valence electrons. The van der Waals surface area contributed by atoms with Crippen molar-refractivity contribution in [2.75, 3.05) is 5.33 Å². The Morgan fingerprint density at radius 3 is 2.58 bits per heavy atom. The summed E-state index contributed by atoms with van der Waals surface area (Å²) in [6.07, 6.45) is 0.949. The van der Waals surface area contributed by atoms with E-state index in [-0.39, 0.29) is 5.92 Å². The minimum atomic E-state index is -0.125. The average molecular weight is 319 g/mol. The summed E-state index contributed by atoms with van der Waals surface area (Å²) in [4.78, 5) is 11.0. The molecule has 0 fully saturated rings. The van der Waals surface area contributed by atoms with Gasteiger partial charge >= 0.3 is 0 Å². The van der Waals surface area contributed by atoms with Crippen molar-refractivity contribution in [1.82, 2.24) is 0 Å². The molecule has 0 radical (unpaired) electrons. The largest absolute Gasteiger partial charge is 0.489 e. The molecule has 2 rings (SSSR count). The summed E-state index contributed by atoms with van der Waals surface area (Å²) in [5.74, 6) is 0.662. The van der Waals surface area contributed by atoms with Crippen LogP contribution >= 0.6 is 15.9 Å². The molecular weight excluding hydrogens is 304 g/mol. The molecule has 0 saturated carbocycles. The lowest BCUT2D eigenvalue weighted by Crippen LogP contribution is -2.02. The number of aldehydes is 1. The highest BCUT2D eigenvalue weighted by Crippen LogP contribution is 2.22. The van der Waals surface area contributed by atoms with E-state index in [0.29, 0.717) is 11.9 Å². The number of hydrogen-bond acceptors (Lipinski definition) is 2. The molecule has 0 spiro atoms. The molecule has 0 aliphatic heterocycles. The monoisotopic (exact) mass is 318 g/mol. The van der Waals surface area contributed by atoms with Crippen molar-refractivity contribution in [2.24, 2.45) is 0 Å². The maximum Gasteiger partial charge on any atom is 0.128 e. The first kappa shape index (κ1) is 13.8. The maximum absolute atomic E-state index is 11.0. The van der Waals surface area contributed by atoms with E-state index < -0.39 is 0 Å². The van der Waals surface area contributed by atoms with E-state index in [1.807, 2.05) is 54.6 Å². The van der Waals surface area contributed by atoms with Gasteiger partial charge in [0.15, 0.2) is 0 Å². The smallest absolute Gasteiger partial charge is 0.128 e. The normalized spacial score (nSPS) is 11.8. The van der Waals surface area contributed by atoms with Gasteiger partial charge in [0, 0.05) is 11.2 Å². The van der Waals surface area contributed by atoms with Crippen LogP contribution < -0.4 is 4.74 Å². The third-order valence-corrected chi connectivity index (χ3v) is 3.56. The number of halogens is 1. The van der Waals surface area contributed by atoms with E-state index in [9.17, 15) is 4.79 Å². The Kier molecular flexibility index (Phi) is 5.16. The van der Waals surface area contributed by atoms with Crippen LogP contribution in [-0.4, -0.2) is 11.6 Å². The van der Waals surface area contributed by atoms with Crippen LogP contribution in [-0.2, 0) is 11.4 Å². The lowest BCUT2D eigenvalue weighted by molar-refractivity contribution is -0.108. The molecule has 2 nitrogen and oxygen atoms in total. The van der Waals surface area contributed by atoms with E-state index in [4.69, 9.17) is 4.74 Å². The Balaban J connectivity index is 2.05. The Morgan fingerprint density at radius 1 is 1.11 bits per heavy atom. The highest BCUT2D eigenvalue weighted by Gasteiger charge is 2.09. The first-order valence-electron chi connectivity index (χ1n) is 6.11. The van der Waals surface area contributed by atoms with Crippen molar-refractivity contribution in [2.45, 2.75) is 12.5 Å². The average Bonchev–Trinajstić information content (AvgIpc) is 2.48. The van der Waals surface area contributed by atoms with Gasteiger partial charge < -0.3 is 9.53 Å². The number of carbonyl (C=O) groups excluding carboxylic acids is 1. The van der Waals surface area contributed by atoms with Crippen LogP contribution in [0.15, 0.2) is 54.6 Å². The molecule has 1 unspecified atom stereocenters. The fraction of sp³-hybridized carbons (Fsp3) is 0.188. The Hall–Kier alpha value is -1.61. The van der Waals surface area contributed by atoms with Crippen LogP contribution in [0.4, 0.5) is 0 Å². The van der Waals surface area contributed by atoms with Gasteiger partial charge in [0.1, 0.15) is 18.6 Å². The maximum atomic E-state index is 11.0. The molecule has 0 saturated heterocycles. The van der Waals surface area contributed by atoms with Gasteiger partial charge in [-0.15, -0.1) is 0 Å². The van der Waals surface area contributed by atoms with Gasteiger partial charge in [-0.3, -0.25) is 0 Å².